The molecule has 0 radical (unpaired) electrons. The first-order chi connectivity index (χ1) is 11.3. The number of aliphatic hydroxyl groups excluding tert-OH is 1. The monoisotopic (exact) mass is 328 g/mol. The maximum Gasteiger partial charge on any atom is 0.185 e. The molecule has 120 valence electrons. The highest BCUT2D eigenvalue weighted by molar-refractivity contribution is 7.13. The van der Waals surface area contributed by atoms with Crippen LogP contribution in [-0.4, -0.2) is 33.1 Å². The SMILES string of the molecule is OCc1csc(N2CCCC(Cc3nc4ccccc4[nH]3)C2)n1. The van der Waals surface area contributed by atoms with Crippen LogP contribution in [0.4, 0.5) is 5.13 Å². The number of H-pyrrole nitrogens is 1. The first kappa shape index (κ1) is 14.7. The fourth-order valence-electron chi connectivity index (χ4n) is 3.30. The first-order valence-electron chi connectivity index (χ1n) is 8.05. The van der Waals surface area contributed by atoms with E-state index in [0.29, 0.717) is 5.92 Å². The number of anilines is 1. The largest absolute Gasteiger partial charge is 0.390 e. The second-order valence-corrected chi connectivity index (χ2v) is 6.98. The van der Waals surface area contributed by atoms with Crippen LogP contribution in [0.25, 0.3) is 11.0 Å². The molecule has 1 aliphatic rings. The van der Waals surface area contributed by atoms with Crippen LogP contribution in [0.5, 0.6) is 0 Å². The molecule has 1 aliphatic heterocycles. The molecule has 6 heteroatoms. The standard InChI is InChI=1S/C17H20N4OS/c22-10-13-11-23-17(18-13)21-7-3-4-12(9-21)8-16-19-14-5-1-2-6-15(14)20-16/h1-2,5-6,11-12,22H,3-4,7-10H2,(H,19,20). The summed E-state index contributed by atoms with van der Waals surface area (Å²) in [5, 5.41) is 12.2. The van der Waals surface area contributed by atoms with Crippen molar-refractivity contribution in [3.05, 3.63) is 41.2 Å². The van der Waals surface area contributed by atoms with E-state index in [1.54, 1.807) is 11.3 Å². The minimum Gasteiger partial charge on any atom is -0.390 e. The third kappa shape index (κ3) is 3.09. The summed E-state index contributed by atoms with van der Waals surface area (Å²) in [7, 11) is 0. The summed E-state index contributed by atoms with van der Waals surface area (Å²) >= 11 is 1.62. The second-order valence-electron chi connectivity index (χ2n) is 6.14. The van der Waals surface area contributed by atoms with Crippen molar-refractivity contribution in [3.8, 4) is 0 Å². The Hall–Kier alpha value is -1.92. The molecule has 5 nitrogen and oxygen atoms in total. The van der Waals surface area contributed by atoms with Crippen molar-refractivity contribution in [3.63, 3.8) is 0 Å². The number of hydrogen-bond donors (Lipinski definition) is 2. The number of imidazole rings is 1. The second kappa shape index (κ2) is 6.29. The average molecular weight is 328 g/mol. The van der Waals surface area contributed by atoms with Gasteiger partial charge in [-0.05, 0) is 30.9 Å². The van der Waals surface area contributed by atoms with Gasteiger partial charge >= 0.3 is 0 Å². The highest BCUT2D eigenvalue weighted by atomic mass is 32.1. The maximum atomic E-state index is 9.18. The van der Waals surface area contributed by atoms with Crippen LogP contribution >= 0.6 is 11.3 Å². The Morgan fingerprint density at radius 1 is 1.30 bits per heavy atom. The number of para-hydroxylation sites is 2. The van der Waals surface area contributed by atoms with Gasteiger partial charge in [0.1, 0.15) is 5.82 Å². The van der Waals surface area contributed by atoms with Crippen LogP contribution in [0.3, 0.4) is 0 Å². The molecule has 1 saturated heterocycles. The van der Waals surface area contributed by atoms with E-state index in [4.69, 9.17) is 4.98 Å². The van der Waals surface area contributed by atoms with Crippen molar-refractivity contribution in [1.29, 1.82) is 0 Å². The molecule has 2 N–H and O–H groups in total. The number of benzene rings is 1. The zero-order valence-electron chi connectivity index (χ0n) is 12.9. The fourth-order valence-corrected chi connectivity index (χ4v) is 4.15. The molecular formula is C17H20N4OS. The van der Waals surface area contributed by atoms with E-state index in [1.165, 1.54) is 12.8 Å². The lowest BCUT2D eigenvalue weighted by molar-refractivity contribution is 0.277. The van der Waals surface area contributed by atoms with Gasteiger partial charge in [0.2, 0.25) is 0 Å². The van der Waals surface area contributed by atoms with Gasteiger partial charge in [0.05, 0.1) is 23.3 Å². The van der Waals surface area contributed by atoms with Gasteiger partial charge < -0.3 is 15.0 Å². The summed E-state index contributed by atoms with van der Waals surface area (Å²) in [5.41, 5.74) is 2.93. The first-order valence-corrected chi connectivity index (χ1v) is 8.93. The van der Waals surface area contributed by atoms with E-state index >= 15 is 0 Å². The number of piperidine rings is 1. The molecular weight excluding hydrogens is 308 g/mol. The van der Waals surface area contributed by atoms with Crippen molar-refractivity contribution in [2.24, 2.45) is 5.92 Å². The van der Waals surface area contributed by atoms with E-state index in [9.17, 15) is 5.11 Å². The fraction of sp³-hybridized carbons (Fsp3) is 0.412. The molecule has 23 heavy (non-hydrogen) atoms. The molecule has 0 bridgehead atoms. The van der Waals surface area contributed by atoms with Crippen molar-refractivity contribution in [1.82, 2.24) is 15.0 Å². The van der Waals surface area contributed by atoms with Gasteiger partial charge in [0.25, 0.3) is 0 Å². The number of aliphatic hydroxyl groups is 1. The number of thiazole rings is 1. The molecule has 0 amide bonds. The summed E-state index contributed by atoms with van der Waals surface area (Å²) in [5.74, 6) is 1.67. The predicted octanol–water partition coefficient (Wildman–Crippen LogP) is 2.97. The highest BCUT2D eigenvalue weighted by Crippen LogP contribution is 2.28. The molecule has 4 rings (SSSR count). The van der Waals surface area contributed by atoms with Crippen LogP contribution in [0.2, 0.25) is 0 Å². The van der Waals surface area contributed by atoms with Gasteiger partial charge in [-0.1, -0.05) is 12.1 Å². The number of aromatic nitrogens is 3. The van der Waals surface area contributed by atoms with Crippen molar-refractivity contribution in [2.75, 3.05) is 18.0 Å². The Morgan fingerprint density at radius 3 is 3.04 bits per heavy atom. The lowest BCUT2D eigenvalue weighted by atomic mass is 9.95. The summed E-state index contributed by atoms with van der Waals surface area (Å²) in [6.07, 6.45) is 3.38. The molecule has 0 aliphatic carbocycles. The van der Waals surface area contributed by atoms with Crippen LogP contribution < -0.4 is 4.90 Å². The number of nitrogens with one attached hydrogen (secondary N) is 1. The normalized spacial score (nSPS) is 18.7. The molecule has 0 spiro atoms. The predicted molar refractivity (Wildman–Crippen MR) is 92.8 cm³/mol. The van der Waals surface area contributed by atoms with Crippen LogP contribution in [0.1, 0.15) is 24.4 Å². The average Bonchev–Trinajstić information content (AvgIpc) is 3.21. The number of nitrogens with zero attached hydrogens (tertiary/aromatic N) is 3. The van der Waals surface area contributed by atoms with Gasteiger partial charge in [-0.2, -0.15) is 0 Å². The molecule has 2 aromatic heterocycles. The molecule has 1 atom stereocenters. The van der Waals surface area contributed by atoms with Crippen LogP contribution in [-0.2, 0) is 13.0 Å². The number of rotatable bonds is 4. The Balaban J connectivity index is 1.46. The van der Waals surface area contributed by atoms with Crippen LogP contribution in [0, 0.1) is 5.92 Å². The van der Waals surface area contributed by atoms with Gasteiger partial charge in [0.15, 0.2) is 5.13 Å². The number of aromatic amines is 1. The summed E-state index contributed by atoms with van der Waals surface area (Å²) in [6.45, 7) is 2.08. The zero-order chi connectivity index (χ0) is 15.6. The molecule has 3 heterocycles. The van der Waals surface area contributed by atoms with Crippen molar-refractivity contribution >= 4 is 27.5 Å². The van der Waals surface area contributed by atoms with Gasteiger partial charge in [-0.15, -0.1) is 11.3 Å². The highest BCUT2D eigenvalue weighted by Gasteiger charge is 2.23. The molecule has 1 unspecified atom stereocenters. The molecule has 1 aromatic carbocycles. The van der Waals surface area contributed by atoms with Gasteiger partial charge in [-0.3, -0.25) is 0 Å². The van der Waals surface area contributed by atoms with Crippen LogP contribution in [0.15, 0.2) is 29.6 Å². The minimum atomic E-state index is 0.0206. The zero-order valence-corrected chi connectivity index (χ0v) is 13.7. The van der Waals surface area contributed by atoms with E-state index in [2.05, 4.69) is 27.0 Å². The van der Waals surface area contributed by atoms with Crippen molar-refractivity contribution < 1.29 is 5.11 Å². The lowest BCUT2D eigenvalue weighted by Gasteiger charge is -2.32. The van der Waals surface area contributed by atoms with E-state index in [-0.39, 0.29) is 6.61 Å². The summed E-state index contributed by atoms with van der Waals surface area (Å²) < 4.78 is 0. The Labute approximate surface area is 139 Å². The van der Waals surface area contributed by atoms with E-state index < -0.39 is 0 Å². The molecule has 1 fully saturated rings. The molecule has 0 saturated carbocycles. The quantitative estimate of drug-likeness (QED) is 0.773. The number of hydrogen-bond acceptors (Lipinski definition) is 5. The molecule has 3 aromatic rings. The smallest absolute Gasteiger partial charge is 0.185 e. The third-order valence-electron chi connectivity index (χ3n) is 4.41. The Morgan fingerprint density at radius 2 is 2.22 bits per heavy atom. The maximum absolute atomic E-state index is 9.18. The Bertz CT molecular complexity index is 764. The minimum absolute atomic E-state index is 0.0206. The lowest BCUT2D eigenvalue weighted by Crippen LogP contribution is -2.36. The van der Waals surface area contributed by atoms with Gasteiger partial charge in [-0.25, -0.2) is 9.97 Å². The van der Waals surface area contributed by atoms with E-state index in [1.807, 2.05) is 17.5 Å². The topological polar surface area (TPSA) is 65.0 Å². The third-order valence-corrected chi connectivity index (χ3v) is 5.36. The summed E-state index contributed by atoms with van der Waals surface area (Å²) in [4.78, 5) is 15.0. The van der Waals surface area contributed by atoms with Gasteiger partial charge in [0, 0.05) is 24.9 Å². The number of fused-ring (bicyclic) bond motifs is 1. The van der Waals surface area contributed by atoms with E-state index in [0.717, 1.165) is 47.2 Å². The Kier molecular flexibility index (Phi) is 4.01. The summed E-state index contributed by atoms with van der Waals surface area (Å²) in [6, 6.07) is 8.18. The van der Waals surface area contributed by atoms with Crippen molar-refractivity contribution in [2.45, 2.75) is 25.9 Å².